The van der Waals surface area contributed by atoms with Gasteiger partial charge in [0.15, 0.2) is 0 Å². The molecule has 59 valence electrons. The maximum atomic E-state index is 5.49. The van der Waals surface area contributed by atoms with E-state index < -0.39 is 3.79 Å². The van der Waals surface area contributed by atoms with E-state index in [2.05, 4.69) is 16.2 Å². The molecular weight excluding hydrogens is 230 g/mol. The monoisotopic (exact) mass is 229 g/mol. The smallest absolute Gasteiger partial charge is 0.218 e. The number of rotatable bonds is 0. The zero-order valence-corrected chi connectivity index (χ0v) is 8.01. The Bertz CT molecular complexity index is 257. The summed E-state index contributed by atoms with van der Waals surface area (Å²) in [5.41, 5.74) is 0.211. The van der Waals surface area contributed by atoms with Gasteiger partial charge in [-0.25, -0.2) is 9.97 Å². The molecule has 0 saturated carbocycles. The molecule has 0 aliphatic rings. The minimum absolute atomic E-state index is 0.00817. The topological polar surface area (TPSA) is 25.8 Å². The van der Waals surface area contributed by atoms with Gasteiger partial charge in [0.2, 0.25) is 9.08 Å². The largest absolute Gasteiger partial charge is 0.232 e. The normalized spacial score (nSPS) is 11.6. The van der Waals surface area contributed by atoms with Gasteiger partial charge in [-0.05, 0) is 17.7 Å². The Morgan fingerprint density at radius 1 is 1.36 bits per heavy atom. The van der Waals surface area contributed by atoms with Gasteiger partial charge in [0.25, 0.3) is 0 Å². The van der Waals surface area contributed by atoms with Crippen molar-refractivity contribution < 1.29 is 0 Å². The van der Waals surface area contributed by atoms with Gasteiger partial charge in [-0.3, -0.25) is 0 Å². The van der Waals surface area contributed by atoms with Crippen molar-refractivity contribution in [3.05, 3.63) is 23.2 Å². The summed E-state index contributed by atoms with van der Waals surface area (Å²) in [6, 6.07) is 1.36. The molecule has 0 bridgehead atoms. The first kappa shape index (κ1) is 9.33. The van der Waals surface area contributed by atoms with E-state index in [4.69, 9.17) is 46.4 Å². The van der Waals surface area contributed by atoms with Crippen molar-refractivity contribution in [2.75, 3.05) is 0 Å². The molecule has 0 N–H and O–H groups in total. The number of hydrogen-bond acceptors (Lipinski definition) is 2. The Labute approximate surface area is 83.4 Å². The lowest BCUT2D eigenvalue weighted by Gasteiger charge is -2.08. The van der Waals surface area contributed by atoms with Crippen LogP contribution in [0.4, 0.5) is 0 Å². The van der Waals surface area contributed by atoms with Crippen molar-refractivity contribution in [2.45, 2.75) is 3.79 Å². The fourth-order valence-corrected chi connectivity index (χ4v) is 0.879. The molecule has 11 heavy (non-hydrogen) atoms. The molecule has 1 rings (SSSR count). The molecule has 1 aromatic rings. The Morgan fingerprint density at radius 2 is 2.00 bits per heavy atom. The molecule has 1 aromatic heterocycles. The summed E-state index contributed by atoms with van der Waals surface area (Å²) in [7, 11) is 0. The Balaban J connectivity index is 3.06. The summed E-state index contributed by atoms with van der Waals surface area (Å²) >= 11 is 21.9. The highest BCUT2D eigenvalue weighted by Gasteiger charge is 2.24. The lowest BCUT2D eigenvalue weighted by atomic mass is 10.4. The summed E-state index contributed by atoms with van der Waals surface area (Å²) in [6.07, 6.45) is 2.44. The van der Waals surface area contributed by atoms with Gasteiger partial charge in [-0.2, -0.15) is 0 Å². The first-order valence-electron chi connectivity index (χ1n) is 2.48. The molecule has 0 atom stereocenters. The van der Waals surface area contributed by atoms with E-state index in [1.807, 2.05) is 0 Å². The van der Waals surface area contributed by atoms with Crippen molar-refractivity contribution in [3.8, 4) is 0 Å². The van der Waals surface area contributed by atoms with E-state index >= 15 is 0 Å². The molecule has 0 spiro atoms. The lowest BCUT2D eigenvalue weighted by molar-refractivity contribution is 1.03. The number of hydrogen-bond donors (Lipinski definition) is 0. The Kier molecular flexibility index (Phi) is 2.81. The van der Waals surface area contributed by atoms with Gasteiger partial charge in [0, 0.05) is 0 Å². The third-order valence-electron chi connectivity index (χ3n) is 0.861. The summed E-state index contributed by atoms with van der Waals surface area (Å²) < 4.78 is -1.57. The third-order valence-corrected chi connectivity index (χ3v) is 1.61. The van der Waals surface area contributed by atoms with Crippen LogP contribution in [0.25, 0.3) is 0 Å². The van der Waals surface area contributed by atoms with Crippen molar-refractivity contribution in [1.82, 2.24) is 9.97 Å². The third kappa shape index (κ3) is 2.64. The molecule has 0 aliphatic heterocycles. The number of alkyl halides is 3. The van der Waals surface area contributed by atoms with Gasteiger partial charge in [-0.1, -0.05) is 34.8 Å². The van der Waals surface area contributed by atoms with Gasteiger partial charge >= 0.3 is 0 Å². The van der Waals surface area contributed by atoms with Crippen LogP contribution >= 0.6 is 46.4 Å². The van der Waals surface area contributed by atoms with Crippen LogP contribution in [0.1, 0.15) is 5.69 Å². The van der Waals surface area contributed by atoms with Gasteiger partial charge in [-0.15, -0.1) is 0 Å². The van der Waals surface area contributed by atoms with Crippen LogP contribution in [-0.2, 0) is 3.79 Å². The molecule has 2 nitrogen and oxygen atoms in total. The molecule has 0 fully saturated rings. The molecular formula is C5HCl4N2. The van der Waals surface area contributed by atoms with E-state index in [9.17, 15) is 0 Å². The van der Waals surface area contributed by atoms with E-state index in [-0.39, 0.29) is 11.0 Å². The Morgan fingerprint density at radius 3 is 2.36 bits per heavy atom. The summed E-state index contributed by atoms with van der Waals surface area (Å²) in [4.78, 5) is 7.18. The fourth-order valence-electron chi connectivity index (χ4n) is 0.449. The van der Waals surface area contributed by atoms with E-state index in [0.717, 1.165) is 0 Å². The summed E-state index contributed by atoms with van der Waals surface area (Å²) in [6.45, 7) is 0. The molecule has 0 saturated heterocycles. The SMILES string of the molecule is Clc1n[c]cc(C(Cl)(Cl)Cl)n1. The lowest BCUT2D eigenvalue weighted by Crippen LogP contribution is -2.03. The minimum atomic E-state index is -1.57. The molecule has 0 aromatic carbocycles. The second-order valence-corrected chi connectivity index (χ2v) is 4.27. The summed E-state index contributed by atoms with van der Waals surface area (Å²) in [5, 5.41) is 0.00817. The van der Waals surface area contributed by atoms with Crippen LogP contribution in [0.5, 0.6) is 0 Å². The van der Waals surface area contributed by atoms with Crippen LogP contribution in [-0.4, -0.2) is 9.97 Å². The molecule has 0 amide bonds. The fraction of sp³-hybridized carbons (Fsp3) is 0.200. The predicted octanol–water partition coefficient (Wildman–Crippen LogP) is 2.76. The second kappa shape index (κ2) is 3.31. The molecule has 1 radical (unpaired) electrons. The second-order valence-electron chi connectivity index (χ2n) is 1.65. The van der Waals surface area contributed by atoms with Crippen LogP contribution < -0.4 is 0 Å². The maximum Gasteiger partial charge on any atom is 0.232 e. The van der Waals surface area contributed by atoms with E-state index in [1.165, 1.54) is 6.07 Å². The highest BCUT2D eigenvalue weighted by Crippen LogP contribution is 2.36. The van der Waals surface area contributed by atoms with E-state index in [0.29, 0.717) is 0 Å². The standard InChI is InChI=1S/C5HCl4N2/c6-4-10-2-1-3(11-4)5(7,8)9/h1H. The number of halogens is 4. The van der Waals surface area contributed by atoms with Crippen LogP contribution in [0, 0.1) is 6.20 Å². The van der Waals surface area contributed by atoms with Gasteiger partial charge < -0.3 is 0 Å². The van der Waals surface area contributed by atoms with Crippen LogP contribution in [0.2, 0.25) is 5.28 Å². The molecule has 1 heterocycles. The zero-order chi connectivity index (χ0) is 8.48. The highest BCUT2D eigenvalue weighted by molar-refractivity contribution is 6.66. The minimum Gasteiger partial charge on any atom is -0.218 e. The van der Waals surface area contributed by atoms with Crippen LogP contribution in [0.3, 0.4) is 0 Å². The van der Waals surface area contributed by atoms with Crippen molar-refractivity contribution in [2.24, 2.45) is 0 Å². The zero-order valence-electron chi connectivity index (χ0n) is 4.98. The predicted molar refractivity (Wildman–Crippen MR) is 45.1 cm³/mol. The first-order chi connectivity index (χ1) is 5.00. The average molecular weight is 231 g/mol. The number of nitrogens with zero attached hydrogens (tertiary/aromatic N) is 2. The highest BCUT2D eigenvalue weighted by atomic mass is 35.6. The van der Waals surface area contributed by atoms with Gasteiger partial charge in [0.05, 0.1) is 11.9 Å². The van der Waals surface area contributed by atoms with E-state index in [1.54, 1.807) is 0 Å². The average Bonchev–Trinajstić information content (AvgIpc) is 1.86. The van der Waals surface area contributed by atoms with Crippen molar-refractivity contribution >= 4 is 46.4 Å². The molecule has 0 unspecified atom stereocenters. The number of aromatic nitrogens is 2. The van der Waals surface area contributed by atoms with Crippen molar-refractivity contribution in [3.63, 3.8) is 0 Å². The molecule has 6 heteroatoms. The summed E-state index contributed by atoms with van der Waals surface area (Å²) in [5.74, 6) is 0. The maximum absolute atomic E-state index is 5.49. The van der Waals surface area contributed by atoms with Crippen molar-refractivity contribution in [1.29, 1.82) is 0 Å². The van der Waals surface area contributed by atoms with Gasteiger partial charge in [0.1, 0.15) is 0 Å². The quantitative estimate of drug-likeness (QED) is 0.506. The Hall–Kier alpha value is 0.240. The van der Waals surface area contributed by atoms with Crippen LogP contribution in [0.15, 0.2) is 6.07 Å². The first-order valence-corrected chi connectivity index (χ1v) is 3.99. The molecule has 0 aliphatic carbocycles.